The number of hydrogen-bond acceptors (Lipinski definition) is 4. The molecule has 5 nitrogen and oxygen atoms in total. The Balaban J connectivity index is 3.01. The highest BCUT2D eigenvalue weighted by atomic mass is 16.5. The quantitative estimate of drug-likeness (QED) is 0.753. The lowest BCUT2D eigenvalue weighted by Crippen LogP contribution is -2.33. The first-order valence-electron chi connectivity index (χ1n) is 5.21. The van der Waals surface area contributed by atoms with Crippen molar-refractivity contribution in [3.63, 3.8) is 0 Å². The van der Waals surface area contributed by atoms with E-state index in [1.165, 1.54) is 13.2 Å². The molecule has 0 aromatic heterocycles. The second kappa shape index (κ2) is 5.89. The molecule has 0 heterocycles. The van der Waals surface area contributed by atoms with Crippen molar-refractivity contribution in [3.8, 4) is 11.5 Å². The number of carbonyl (C=O) groups is 2. The fourth-order valence-electron chi connectivity index (χ4n) is 1.35. The van der Waals surface area contributed by atoms with Crippen molar-refractivity contribution < 1.29 is 19.1 Å². The first-order valence-corrected chi connectivity index (χ1v) is 5.21. The third kappa shape index (κ3) is 3.21. The molecule has 1 rings (SSSR count). The molecule has 0 aliphatic heterocycles. The Labute approximate surface area is 99.5 Å². The Bertz CT molecular complexity index is 417. The zero-order valence-corrected chi connectivity index (χ0v) is 9.80. The van der Waals surface area contributed by atoms with Crippen LogP contribution in [0.5, 0.6) is 11.5 Å². The number of ether oxygens (including phenoxy) is 2. The smallest absolute Gasteiger partial charge is 0.258 e. The number of amides is 1. The molecule has 1 aromatic rings. The lowest BCUT2D eigenvalue weighted by molar-refractivity contribution is -0.124. The first kappa shape index (κ1) is 13.0. The monoisotopic (exact) mass is 237 g/mol. The average molecular weight is 237 g/mol. The van der Waals surface area contributed by atoms with Gasteiger partial charge >= 0.3 is 0 Å². The van der Waals surface area contributed by atoms with Crippen LogP contribution in [0.15, 0.2) is 18.2 Å². The zero-order valence-electron chi connectivity index (χ0n) is 9.80. The number of rotatable bonds is 6. The topological polar surface area (TPSA) is 78.6 Å². The maximum absolute atomic E-state index is 11.1. The van der Waals surface area contributed by atoms with Crippen molar-refractivity contribution in [2.24, 2.45) is 5.73 Å². The fourth-order valence-corrected chi connectivity index (χ4v) is 1.35. The highest BCUT2D eigenvalue weighted by molar-refractivity contribution is 5.80. The van der Waals surface area contributed by atoms with Gasteiger partial charge in [-0.1, -0.05) is 6.92 Å². The minimum atomic E-state index is -0.731. The molecule has 0 radical (unpaired) electrons. The number of carbonyl (C=O) groups excluding carboxylic acids is 2. The zero-order chi connectivity index (χ0) is 12.8. The highest BCUT2D eigenvalue weighted by Crippen LogP contribution is 2.28. The van der Waals surface area contributed by atoms with Gasteiger partial charge in [0.1, 0.15) is 6.29 Å². The second-order valence-corrected chi connectivity index (χ2v) is 3.45. The summed E-state index contributed by atoms with van der Waals surface area (Å²) in [5.41, 5.74) is 5.63. The summed E-state index contributed by atoms with van der Waals surface area (Å²) in [7, 11) is 1.48. The summed E-state index contributed by atoms with van der Waals surface area (Å²) < 4.78 is 10.5. The van der Waals surface area contributed by atoms with Crippen LogP contribution in [0.4, 0.5) is 0 Å². The van der Waals surface area contributed by atoms with E-state index in [0.717, 1.165) is 0 Å². The van der Waals surface area contributed by atoms with Crippen LogP contribution in [0.1, 0.15) is 23.7 Å². The predicted octanol–water partition coefficient (Wildman–Crippen LogP) is 1.15. The molecule has 1 atom stereocenters. The Hall–Kier alpha value is -2.04. The normalized spacial score (nSPS) is 11.6. The molecule has 92 valence electrons. The van der Waals surface area contributed by atoms with Crippen molar-refractivity contribution in [1.82, 2.24) is 0 Å². The SMILES string of the molecule is CCC(Oc1cc(C=O)ccc1OC)C(N)=O. The summed E-state index contributed by atoms with van der Waals surface area (Å²) in [6, 6.07) is 4.72. The van der Waals surface area contributed by atoms with E-state index in [0.29, 0.717) is 29.8 Å². The summed E-state index contributed by atoms with van der Waals surface area (Å²) in [5, 5.41) is 0. The van der Waals surface area contributed by atoms with Gasteiger partial charge in [0.25, 0.3) is 5.91 Å². The summed E-state index contributed by atoms with van der Waals surface area (Å²) in [5.74, 6) is 0.240. The molecule has 1 unspecified atom stereocenters. The van der Waals surface area contributed by atoms with Gasteiger partial charge in [-0.15, -0.1) is 0 Å². The van der Waals surface area contributed by atoms with Crippen LogP contribution in [-0.2, 0) is 4.79 Å². The highest BCUT2D eigenvalue weighted by Gasteiger charge is 2.17. The summed E-state index contributed by atoms with van der Waals surface area (Å²) in [6.45, 7) is 1.78. The molecule has 1 amide bonds. The van der Waals surface area contributed by atoms with Crippen molar-refractivity contribution in [2.75, 3.05) is 7.11 Å². The predicted molar refractivity (Wildman–Crippen MR) is 62.3 cm³/mol. The molecule has 0 fully saturated rings. The van der Waals surface area contributed by atoms with Crippen molar-refractivity contribution in [2.45, 2.75) is 19.4 Å². The summed E-state index contributed by atoms with van der Waals surface area (Å²) >= 11 is 0. The van der Waals surface area contributed by atoms with Gasteiger partial charge in [-0.3, -0.25) is 9.59 Å². The van der Waals surface area contributed by atoms with E-state index in [1.807, 2.05) is 0 Å². The fraction of sp³-hybridized carbons (Fsp3) is 0.333. The summed E-state index contributed by atoms with van der Waals surface area (Å²) in [6.07, 6.45) is 0.409. The van der Waals surface area contributed by atoms with Gasteiger partial charge in [-0.05, 0) is 24.6 Å². The van der Waals surface area contributed by atoms with E-state index in [-0.39, 0.29) is 0 Å². The number of hydrogen-bond donors (Lipinski definition) is 1. The van der Waals surface area contributed by atoms with Gasteiger partial charge < -0.3 is 15.2 Å². The van der Waals surface area contributed by atoms with Gasteiger partial charge in [-0.25, -0.2) is 0 Å². The Morgan fingerprint density at radius 2 is 2.18 bits per heavy atom. The van der Waals surface area contributed by atoms with Gasteiger partial charge in [0, 0.05) is 5.56 Å². The van der Waals surface area contributed by atoms with Crippen LogP contribution in [0, 0.1) is 0 Å². The Kier molecular flexibility index (Phi) is 4.51. The van der Waals surface area contributed by atoms with Crippen molar-refractivity contribution >= 4 is 12.2 Å². The van der Waals surface area contributed by atoms with Gasteiger partial charge in [0.15, 0.2) is 17.6 Å². The van der Waals surface area contributed by atoms with Crippen LogP contribution in [0.3, 0.4) is 0 Å². The van der Waals surface area contributed by atoms with Crippen LogP contribution in [0.25, 0.3) is 0 Å². The lowest BCUT2D eigenvalue weighted by atomic mass is 10.2. The molecule has 5 heteroatoms. The minimum Gasteiger partial charge on any atom is -0.493 e. The molecule has 1 aromatic carbocycles. The maximum atomic E-state index is 11.1. The first-order chi connectivity index (χ1) is 8.12. The largest absolute Gasteiger partial charge is 0.493 e. The number of benzene rings is 1. The molecule has 0 spiro atoms. The molecule has 2 N–H and O–H groups in total. The number of methoxy groups -OCH3 is 1. The molecule has 0 saturated heterocycles. The van der Waals surface area contributed by atoms with E-state index in [2.05, 4.69) is 0 Å². The number of nitrogens with two attached hydrogens (primary N) is 1. The Morgan fingerprint density at radius 3 is 2.65 bits per heavy atom. The lowest BCUT2D eigenvalue weighted by Gasteiger charge is -2.16. The van der Waals surface area contributed by atoms with E-state index in [9.17, 15) is 9.59 Å². The second-order valence-electron chi connectivity index (χ2n) is 3.45. The third-order valence-corrected chi connectivity index (χ3v) is 2.28. The van der Waals surface area contributed by atoms with E-state index in [4.69, 9.17) is 15.2 Å². The molecular weight excluding hydrogens is 222 g/mol. The van der Waals surface area contributed by atoms with Crippen LogP contribution in [-0.4, -0.2) is 25.4 Å². The minimum absolute atomic E-state index is 0.336. The molecule has 17 heavy (non-hydrogen) atoms. The standard InChI is InChI=1S/C12H15NO4/c1-3-9(12(13)15)17-11-6-8(7-14)4-5-10(11)16-2/h4-7,9H,3H2,1-2H3,(H2,13,15). The maximum Gasteiger partial charge on any atom is 0.258 e. The number of primary amides is 1. The third-order valence-electron chi connectivity index (χ3n) is 2.28. The van der Waals surface area contributed by atoms with E-state index < -0.39 is 12.0 Å². The van der Waals surface area contributed by atoms with Gasteiger partial charge in [0.05, 0.1) is 7.11 Å². The van der Waals surface area contributed by atoms with Crippen LogP contribution in [0.2, 0.25) is 0 Å². The van der Waals surface area contributed by atoms with Crippen molar-refractivity contribution in [1.29, 1.82) is 0 Å². The van der Waals surface area contributed by atoms with Crippen molar-refractivity contribution in [3.05, 3.63) is 23.8 Å². The average Bonchev–Trinajstić information content (AvgIpc) is 2.35. The molecule has 0 saturated carbocycles. The number of aldehydes is 1. The molecular formula is C12H15NO4. The van der Waals surface area contributed by atoms with E-state index >= 15 is 0 Å². The van der Waals surface area contributed by atoms with Crippen LogP contribution < -0.4 is 15.2 Å². The summed E-state index contributed by atoms with van der Waals surface area (Å²) in [4.78, 5) is 21.7. The van der Waals surface area contributed by atoms with Gasteiger partial charge in [-0.2, -0.15) is 0 Å². The Morgan fingerprint density at radius 1 is 1.47 bits per heavy atom. The van der Waals surface area contributed by atoms with Gasteiger partial charge in [0.2, 0.25) is 0 Å². The molecule has 0 aliphatic rings. The molecule has 0 aliphatic carbocycles. The molecule has 0 bridgehead atoms. The van der Waals surface area contributed by atoms with E-state index in [1.54, 1.807) is 19.1 Å². The van der Waals surface area contributed by atoms with Crippen LogP contribution >= 0.6 is 0 Å².